The minimum absolute atomic E-state index is 0.0124. The number of fused-ring (bicyclic) bond motifs is 8. The summed E-state index contributed by atoms with van der Waals surface area (Å²) in [5.74, 6) is -0.0401. The van der Waals surface area contributed by atoms with Gasteiger partial charge in [0, 0.05) is 96.2 Å². The summed E-state index contributed by atoms with van der Waals surface area (Å²) in [6.07, 6.45) is 10.1. The third-order valence-corrected chi connectivity index (χ3v) is 9.32. The Hall–Kier alpha value is -7.67. The molecule has 8 bridgehead atoms. The third kappa shape index (κ3) is 7.96. The molecule has 4 N–H and O–H groups in total. The van der Waals surface area contributed by atoms with E-state index in [1.54, 1.807) is 122 Å². The van der Waals surface area contributed by atoms with Gasteiger partial charge in [-0.1, -0.05) is 18.2 Å². The number of hydrogen-bond acceptors (Lipinski definition) is 13. The van der Waals surface area contributed by atoms with Gasteiger partial charge in [-0.2, -0.15) is 30.7 Å². The van der Waals surface area contributed by atoms with E-state index in [0.29, 0.717) is 78.6 Å². The van der Waals surface area contributed by atoms with Crippen LogP contribution >= 0.6 is 0 Å². The lowest BCUT2D eigenvalue weighted by Crippen LogP contribution is -2.01. The number of phenolic OH excluding ortho intramolecular Hbond substituents is 4. The molecule has 0 unspecified atom stereocenters. The first-order valence-corrected chi connectivity index (χ1v) is 17.7. The smallest absolute Gasteiger partial charge is 0.122 e. The zero-order valence-electron chi connectivity index (χ0n) is 29.8. The predicted molar refractivity (Wildman–Crippen MR) is 209 cm³/mol. The van der Waals surface area contributed by atoms with Gasteiger partial charge < -0.3 is 20.4 Å². The Bertz CT molecular complexity index is 2490. The number of aromatic hydroxyl groups is 4. The highest BCUT2D eigenvalue weighted by Crippen LogP contribution is 2.41. The first-order chi connectivity index (χ1) is 27.4. The van der Waals surface area contributed by atoms with E-state index in [-0.39, 0.29) is 48.7 Å². The van der Waals surface area contributed by atoms with Crippen LogP contribution in [0.3, 0.4) is 0 Å². The minimum atomic E-state index is -0.0441. The van der Waals surface area contributed by atoms with Crippen molar-refractivity contribution in [3.8, 4) is 23.0 Å². The molecule has 13 nitrogen and oxygen atoms in total. The molecule has 13 heteroatoms. The fourth-order valence-electron chi connectivity index (χ4n) is 6.54. The predicted octanol–water partition coefficient (Wildman–Crippen LogP) is 10.6. The molecular formula is C43H33N9O4. The van der Waals surface area contributed by atoms with Crippen LogP contribution in [0.15, 0.2) is 159 Å². The van der Waals surface area contributed by atoms with Crippen LogP contribution in [0.5, 0.6) is 23.0 Å². The molecule has 0 aliphatic heterocycles. The van der Waals surface area contributed by atoms with Gasteiger partial charge in [-0.05, 0) is 83.9 Å². The van der Waals surface area contributed by atoms with Gasteiger partial charge in [0.1, 0.15) is 23.0 Å². The lowest BCUT2D eigenvalue weighted by Gasteiger charge is -2.18. The average Bonchev–Trinajstić information content (AvgIpc) is 3.22. The molecule has 1 aliphatic rings. The van der Waals surface area contributed by atoms with Gasteiger partial charge in [0.05, 0.1) is 34.1 Å². The number of hydrogen-bond donors (Lipinski definition) is 4. The summed E-state index contributed by atoms with van der Waals surface area (Å²) in [6, 6.07) is 26.0. The van der Waals surface area contributed by atoms with E-state index in [9.17, 15) is 20.4 Å². The summed E-state index contributed by atoms with van der Waals surface area (Å²) in [4.78, 5) is 12.1. The zero-order chi connectivity index (χ0) is 38.4. The second kappa shape index (κ2) is 15.7. The quantitative estimate of drug-likeness (QED) is 0.122. The van der Waals surface area contributed by atoms with Crippen molar-refractivity contribution in [1.82, 2.24) is 15.0 Å². The standard InChI is InChI=1S/C43H33N9O4/c53-40-26-2-1-3-27(40)17-29-21-38(51-48-35-6-12-45-13-7-35)23-31(42(29)55)19-33-25-39(52-49-36-8-14-46-15-9-36)24-32(43(33)56)18-30-22-37(20-28(16-26)41(30)54)50-47-34-4-10-44-11-5-34/h1-15,20-25,53-56H,16-19H2. The van der Waals surface area contributed by atoms with Crippen molar-refractivity contribution in [2.75, 3.05) is 0 Å². The largest absolute Gasteiger partial charge is 0.507 e. The van der Waals surface area contributed by atoms with Gasteiger partial charge in [0.2, 0.25) is 0 Å². The monoisotopic (exact) mass is 739 g/mol. The molecule has 3 heterocycles. The molecule has 4 aromatic carbocycles. The van der Waals surface area contributed by atoms with E-state index < -0.39 is 0 Å². The Morgan fingerprint density at radius 1 is 0.304 bits per heavy atom. The molecular weight excluding hydrogens is 707 g/mol. The molecule has 7 aromatic rings. The van der Waals surface area contributed by atoms with Crippen molar-refractivity contribution >= 4 is 34.1 Å². The number of phenols is 4. The number of rotatable bonds is 6. The molecule has 56 heavy (non-hydrogen) atoms. The van der Waals surface area contributed by atoms with Crippen molar-refractivity contribution in [2.24, 2.45) is 30.7 Å². The van der Waals surface area contributed by atoms with Crippen molar-refractivity contribution in [3.63, 3.8) is 0 Å². The minimum Gasteiger partial charge on any atom is -0.507 e. The lowest BCUT2D eigenvalue weighted by atomic mass is 9.90. The van der Waals surface area contributed by atoms with Gasteiger partial charge in [-0.15, -0.1) is 0 Å². The van der Waals surface area contributed by atoms with Crippen LogP contribution in [0.2, 0.25) is 0 Å². The summed E-state index contributed by atoms with van der Waals surface area (Å²) in [5, 5.41) is 73.7. The average molecular weight is 740 g/mol. The van der Waals surface area contributed by atoms with Gasteiger partial charge >= 0.3 is 0 Å². The summed E-state index contributed by atoms with van der Waals surface area (Å²) < 4.78 is 0. The number of aromatic nitrogens is 3. The molecule has 0 saturated carbocycles. The molecule has 0 atom stereocenters. The second-order valence-electron chi connectivity index (χ2n) is 13.2. The van der Waals surface area contributed by atoms with Gasteiger partial charge in [-0.25, -0.2) is 0 Å². The van der Waals surface area contributed by atoms with Crippen molar-refractivity contribution in [3.05, 3.63) is 173 Å². The summed E-state index contributed by atoms with van der Waals surface area (Å²) in [5.41, 5.74) is 7.03. The number of nitrogens with zero attached hydrogens (tertiary/aromatic N) is 9. The van der Waals surface area contributed by atoms with Crippen LogP contribution in [0.4, 0.5) is 34.1 Å². The molecule has 0 radical (unpaired) electrons. The molecule has 0 saturated heterocycles. The Morgan fingerprint density at radius 3 is 0.821 bits per heavy atom. The number of pyridine rings is 3. The maximum atomic E-state index is 11.9. The van der Waals surface area contributed by atoms with Gasteiger partial charge in [0.15, 0.2) is 0 Å². The second-order valence-corrected chi connectivity index (χ2v) is 13.2. The highest BCUT2D eigenvalue weighted by molar-refractivity contribution is 5.62. The van der Waals surface area contributed by atoms with Crippen LogP contribution in [0.25, 0.3) is 0 Å². The van der Waals surface area contributed by atoms with Crippen LogP contribution in [0, 0.1) is 0 Å². The Labute approximate surface area is 320 Å². The molecule has 274 valence electrons. The van der Waals surface area contributed by atoms with Crippen molar-refractivity contribution in [2.45, 2.75) is 25.7 Å². The highest BCUT2D eigenvalue weighted by Gasteiger charge is 2.21. The van der Waals surface area contributed by atoms with E-state index in [0.717, 1.165) is 0 Å². The lowest BCUT2D eigenvalue weighted by molar-refractivity contribution is 0.450. The van der Waals surface area contributed by atoms with Crippen LogP contribution in [-0.4, -0.2) is 35.4 Å². The van der Waals surface area contributed by atoms with Gasteiger partial charge in [-0.3, -0.25) is 15.0 Å². The van der Waals surface area contributed by atoms with Crippen LogP contribution in [0.1, 0.15) is 44.5 Å². The summed E-state index contributed by atoms with van der Waals surface area (Å²) in [6.45, 7) is 0. The fraction of sp³-hybridized carbons (Fsp3) is 0.0930. The van der Waals surface area contributed by atoms with Crippen molar-refractivity contribution in [1.29, 1.82) is 0 Å². The zero-order valence-corrected chi connectivity index (χ0v) is 29.8. The highest BCUT2D eigenvalue weighted by atomic mass is 16.3. The van der Waals surface area contributed by atoms with Crippen LogP contribution in [-0.2, 0) is 25.7 Å². The topological polar surface area (TPSA) is 194 Å². The SMILES string of the molecule is Oc1c2cccc1Cc1cc(N=Nc3ccncc3)cc(c1O)Cc1cc(N=Nc3ccncc3)cc(c1O)Cc1cc(N=Nc3ccncc3)cc(c1O)C2. The first kappa shape index (κ1) is 35.4. The summed E-state index contributed by atoms with van der Waals surface area (Å²) in [7, 11) is 0. The maximum Gasteiger partial charge on any atom is 0.122 e. The Balaban J connectivity index is 1.30. The Kier molecular flexibility index (Phi) is 9.94. The molecule has 8 rings (SSSR count). The molecule has 3 aromatic heterocycles. The molecule has 0 spiro atoms. The first-order valence-electron chi connectivity index (χ1n) is 17.7. The number of para-hydroxylation sites is 1. The third-order valence-electron chi connectivity index (χ3n) is 9.32. The van der Waals surface area contributed by atoms with Gasteiger partial charge in [0.25, 0.3) is 0 Å². The number of benzene rings is 4. The Morgan fingerprint density at radius 2 is 0.536 bits per heavy atom. The molecule has 1 aliphatic carbocycles. The van der Waals surface area contributed by atoms with Crippen molar-refractivity contribution < 1.29 is 20.4 Å². The maximum absolute atomic E-state index is 11.9. The van der Waals surface area contributed by atoms with E-state index in [1.807, 2.05) is 6.07 Å². The molecule has 0 fully saturated rings. The molecule has 0 amide bonds. The van der Waals surface area contributed by atoms with E-state index >= 15 is 0 Å². The van der Waals surface area contributed by atoms with Crippen LogP contribution < -0.4 is 0 Å². The van der Waals surface area contributed by atoms with E-state index in [1.165, 1.54) is 0 Å². The number of azo groups is 3. The van der Waals surface area contributed by atoms with E-state index in [4.69, 9.17) is 0 Å². The summed E-state index contributed by atoms with van der Waals surface area (Å²) >= 11 is 0. The normalized spacial score (nSPS) is 12.8. The fourth-order valence-corrected chi connectivity index (χ4v) is 6.54. The van der Waals surface area contributed by atoms with E-state index in [2.05, 4.69) is 45.6 Å².